The molecular weight excluding hydrogens is 280 g/mol. The highest BCUT2D eigenvalue weighted by atomic mass is 16.5. The largest absolute Gasteiger partial charge is 0.495 e. The Bertz CT molecular complexity index is 614. The van der Waals surface area contributed by atoms with E-state index in [-0.39, 0.29) is 5.91 Å². The van der Waals surface area contributed by atoms with Gasteiger partial charge in [0.2, 0.25) is 5.95 Å². The number of hydrogen-bond acceptors (Lipinski definition) is 5. The van der Waals surface area contributed by atoms with Crippen molar-refractivity contribution in [1.82, 2.24) is 9.97 Å². The SMILES string of the molecule is CCCCNc1ncc(C(=O)Nc2ccccc2OC)cn1. The first kappa shape index (κ1) is 15.8. The van der Waals surface area contributed by atoms with Crippen LogP contribution < -0.4 is 15.4 Å². The van der Waals surface area contributed by atoms with Crippen molar-refractivity contribution >= 4 is 17.5 Å². The van der Waals surface area contributed by atoms with Crippen LogP contribution in [0.2, 0.25) is 0 Å². The van der Waals surface area contributed by atoms with Crippen LogP contribution in [0.3, 0.4) is 0 Å². The number of benzene rings is 1. The Morgan fingerprint density at radius 3 is 2.64 bits per heavy atom. The van der Waals surface area contributed by atoms with Gasteiger partial charge in [-0.25, -0.2) is 9.97 Å². The first-order valence-electron chi connectivity index (χ1n) is 7.25. The normalized spacial score (nSPS) is 10.1. The van der Waals surface area contributed by atoms with Crippen molar-refractivity contribution in [3.8, 4) is 5.75 Å². The second-order valence-corrected chi connectivity index (χ2v) is 4.73. The van der Waals surface area contributed by atoms with E-state index in [2.05, 4.69) is 27.5 Å². The van der Waals surface area contributed by atoms with E-state index in [0.717, 1.165) is 19.4 Å². The number of anilines is 2. The molecule has 0 saturated heterocycles. The van der Waals surface area contributed by atoms with Crippen molar-refractivity contribution in [3.05, 3.63) is 42.2 Å². The lowest BCUT2D eigenvalue weighted by Gasteiger charge is -2.09. The molecule has 6 heteroatoms. The topological polar surface area (TPSA) is 76.1 Å². The number of methoxy groups -OCH3 is 1. The van der Waals surface area contributed by atoms with Gasteiger partial charge in [0.25, 0.3) is 5.91 Å². The van der Waals surface area contributed by atoms with Crippen LogP contribution in [0, 0.1) is 0 Å². The first-order valence-corrected chi connectivity index (χ1v) is 7.25. The van der Waals surface area contributed by atoms with Gasteiger partial charge in [0.1, 0.15) is 5.75 Å². The van der Waals surface area contributed by atoms with Crippen LogP contribution in [0.1, 0.15) is 30.1 Å². The molecule has 0 saturated carbocycles. The summed E-state index contributed by atoms with van der Waals surface area (Å²) in [5.41, 5.74) is 1.01. The number of nitrogens with one attached hydrogen (secondary N) is 2. The number of aromatic nitrogens is 2. The Labute approximate surface area is 129 Å². The van der Waals surface area contributed by atoms with E-state index in [9.17, 15) is 4.79 Å². The number of carbonyl (C=O) groups excluding carboxylic acids is 1. The van der Waals surface area contributed by atoms with E-state index in [0.29, 0.717) is 22.9 Å². The maximum Gasteiger partial charge on any atom is 0.258 e. The van der Waals surface area contributed by atoms with Crippen LogP contribution in [0.5, 0.6) is 5.75 Å². The predicted molar refractivity (Wildman–Crippen MR) is 86.4 cm³/mol. The lowest BCUT2D eigenvalue weighted by atomic mass is 10.2. The summed E-state index contributed by atoms with van der Waals surface area (Å²) in [4.78, 5) is 20.5. The second-order valence-electron chi connectivity index (χ2n) is 4.73. The highest BCUT2D eigenvalue weighted by Gasteiger charge is 2.10. The zero-order valence-corrected chi connectivity index (χ0v) is 12.8. The second kappa shape index (κ2) is 7.97. The number of carbonyl (C=O) groups is 1. The van der Waals surface area contributed by atoms with Crippen LogP contribution in [0.4, 0.5) is 11.6 Å². The van der Waals surface area contributed by atoms with Gasteiger partial charge < -0.3 is 15.4 Å². The fourth-order valence-electron chi connectivity index (χ4n) is 1.86. The standard InChI is InChI=1S/C16H20N4O2/c1-3-4-9-17-16-18-10-12(11-19-16)15(21)20-13-7-5-6-8-14(13)22-2/h5-8,10-11H,3-4,9H2,1-2H3,(H,20,21)(H,17,18,19). The van der Waals surface area contributed by atoms with Gasteiger partial charge in [0.05, 0.1) is 18.4 Å². The van der Waals surface area contributed by atoms with Gasteiger partial charge >= 0.3 is 0 Å². The summed E-state index contributed by atoms with van der Waals surface area (Å²) in [6.07, 6.45) is 5.17. The van der Waals surface area contributed by atoms with Gasteiger partial charge in [-0.15, -0.1) is 0 Å². The van der Waals surface area contributed by atoms with E-state index >= 15 is 0 Å². The van der Waals surface area contributed by atoms with E-state index < -0.39 is 0 Å². The fraction of sp³-hybridized carbons (Fsp3) is 0.312. The van der Waals surface area contributed by atoms with Crippen LogP contribution >= 0.6 is 0 Å². The monoisotopic (exact) mass is 300 g/mol. The quantitative estimate of drug-likeness (QED) is 0.769. The Morgan fingerprint density at radius 1 is 1.23 bits per heavy atom. The molecule has 0 aliphatic carbocycles. The average molecular weight is 300 g/mol. The number of hydrogen-bond donors (Lipinski definition) is 2. The van der Waals surface area contributed by atoms with Crippen molar-refractivity contribution in [3.63, 3.8) is 0 Å². The molecule has 1 aromatic carbocycles. The third kappa shape index (κ3) is 4.18. The summed E-state index contributed by atoms with van der Waals surface area (Å²) in [6, 6.07) is 7.23. The molecule has 1 heterocycles. The molecule has 0 aliphatic heterocycles. The minimum atomic E-state index is -0.274. The molecule has 1 amide bonds. The minimum absolute atomic E-state index is 0.274. The third-order valence-corrected chi connectivity index (χ3v) is 3.08. The summed E-state index contributed by atoms with van der Waals surface area (Å²) < 4.78 is 5.20. The van der Waals surface area contributed by atoms with Gasteiger partial charge in [0, 0.05) is 18.9 Å². The minimum Gasteiger partial charge on any atom is -0.495 e. The predicted octanol–water partition coefficient (Wildman–Crippen LogP) is 2.95. The van der Waals surface area contributed by atoms with E-state index in [1.54, 1.807) is 19.2 Å². The molecule has 116 valence electrons. The molecule has 2 aromatic rings. The van der Waals surface area contributed by atoms with Crippen molar-refractivity contribution in [2.45, 2.75) is 19.8 Å². The number of para-hydroxylation sites is 2. The van der Waals surface area contributed by atoms with E-state index in [4.69, 9.17) is 4.74 Å². The summed E-state index contributed by atoms with van der Waals surface area (Å²) >= 11 is 0. The molecular formula is C16H20N4O2. The summed E-state index contributed by atoms with van der Waals surface area (Å²) in [6.45, 7) is 2.94. The van der Waals surface area contributed by atoms with Gasteiger partial charge in [0.15, 0.2) is 0 Å². The molecule has 0 fully saturated rings. The molecule has 0 unspecified atom stereocenters. The maximum absolute atomic E-state index is 12.2. The van der Waals surface area contributed by atoms with E-state index in [1.165, 1.54) is 12.4 Å². The molecule has 0 atom stereocenters. The van der Waals surface area contributed by atoms with Gasteiger partial charge in [-0.2, -0.15) is 0 Å². The number of nitrogens with zero attached hydrogens (tertiary/aromatic N) is 2. The van der Waals surface area contributed by atoms with Gasteiger partial charge in [-0.05, 0) is 18.6 Å². The molecule has 22 heavy (non-hydrogen) atoms. The molecule has 0 aliphatic rings. The van der Waals surface area contributed by atoms with Crippen molar-refractivity contribution in [2.75, 3.05) is 24.3 Å². The number of unbranched alkanes of at least 4 members (excludes halogenated alkanes) is 1. The third-order valence-electron chi connectivity index (χ3n) is 3.08. The molecule has 2 rings (SSSR count). The zero-order chi connectivity index (χ0) is 15.8. The van der Waals surface area contributed by atoms with Crippen LogP contribution in [-0.2, 0) is 0 Å². The lowest BCUT2D eigenvalue weighted by molar-refractivity contribution is 0.102. The summed E-state index contributed by atoms with van der Waals surface area (Å²) in [5, 5.41) is 5.89. The lowest BCUT2D eigenvalue weighted by Crippen LogP contribution is -2.14. The Kier molecular flexibility index (Phi) is 5.71. The van der Waals surface area contributed by atoms with E-state index in [1.807, 2.05) is 12.1 Å². The Balaban J connectivity index is 2.00. The van der Waals surface area contributed by atoms with Crippen LogP contribution in [0.15, 0.2) is 36.7 Å². The zero-order valence-electron chi connectivity index (χ0n) is 12.8. The Morgan fingerprint density at radius 2 is 1.95 bits per heavy atom. The maximum atomic E-state index is 12.2. The average Bonchev–Trinajstić information content (AvgIpc) is 2.56. The molecule has 0 spiro atoms. The van der Waals surface area contributed by atoms with Crippen molar-refractivity contribution in [1.29, 1.82) is 0 Å². The molecule has 1 aromatic heterocycles. The fourth-order valence-corrected chi connectivity index (χ4v) is 1.86. The molecule has 2 N–H and O–H groups in total. The summed E-state index contributed by atoms with van der Waals surface area (Å²) in [5.74, 6) is 0.863. The molecule has 0 radical (unpaired) electrons. The Hall–Kier alpha value is -2.63. The number of ether oxygens (including phenoxy) is 1. The van der Waals surface area contributed by atoms with Gasteiger partial charge in [-0.1, -0.05) is 25.5 Å². The number of rotatable bonds is 7. The first-order chi connectivity index (χ1) is 10.7. The highest BCUT2D eigenvalue weighted by molar-refractivity contribution is 6.04. The van der Waals surface area contributed by atoms with Crippen LogP contribution in [0.25, 0.3) is 0 Å². The van der Waals surface area contributed by atoms with Crippen molar-refractivity contribution in [2.24, 2.45) is 0 Å². The molecule has 6 nitrogen and oxygen atoms in total. The number of amides is 1. The van der Waals surface area contributed by atoms with Crippen molar-refractivity contribution < 1.29 is 9.53 Å². The highest BCUT2D eigenvalue weighted by Crippen LogP contribution is 2.23. The van der Waals surface area contributed by atoms with Gasteiger partial charge in [-0.3, -0.25) is 4.79 Å². The molecule has 0 bridgehead atoms. The van der Waals surface area contributed by atoms with Crippen LogP contribution in [-0.4, -0.2) is 29.5 Å². The summed E-state index contributed by atoms with van der Waals surface area (Å²) in [7, 11) is 1.56. The smallest absolute Gasteiger partial charge is 0.258 e.